The third-order valence-corrected chi connectivity index (χ3v) is 5.52. The van der Waals surface area contributed by atoms with E-state index in [2.05, 4.69) is 22.0 Å². The maximum Gasteiger partial charge on any atom is 0.311 e. The maximum absolute atomic E-state index is 12.0. The van der Waals surface area contributed by atoms with Gasteiger partial charge in [0.05, 0.1) is 5.41 Å². The maximum atomic E-state index is 12.0. The molecule has 23 heavy (non-hydrogen) atoms. The quantitative estimate of drug-likeness (QED) is 0.874. The molecule has 1 N–H and O–H groups in total. The molecule has 1 aromatic carbocycles. The number of aryl methyl sites for hydroxylation is 1. The molecule has 0 radical (unpaired) electrons. The first-order valence-corrected chi connectivity index (χ1v) is 8.99. The van der Waals surface area contributed by atoms with Gasteiger partial charge in [-0.25, -0.2) is 4.98 Å². The third kappa shape index (κ3) is 3.72. The highest BCUT2D eigenvalue weighted by atomic mass is 32.1. The Kier molecular flexibility index (Phi) is 4.96. The van der Waals surface area contributed by atoms with E-state index in [1.807, 2.05) is 23.6 Å². The van der Waals surface area contributed by atoms with Gasteiger partial charge in [-0.15, -0.1) is 11.3 Å². The largest absolute Gasteiger partial charge is 0.481 e. The smallest absolute Gasteiger partial charge is 0.311 e. The summed E-state index contributed by atoms with van der Waals surface area (Å²) in [6.45, 7) is 1.48. The Morgan fingerprint density at radius 3 is 2.87 bits per heavy atom. The van der Waals surface area contributed by atoms with E-state index < -0.39 is 11.4 Å². The molecule has 0 saturated carbocycles. The highest BCUT2D eigenvalue weighted by Crippen LogP contribution is 2.37. The zero-order chi connectivity index (χ0) is 16.1. The van der Waals surface area contributed by atoms with Crippen LogP contribution < -0.4 is 4.90 Å². The van der Waals surface area contributed by atoms with Gasteiger partial charge >= 0.3 is 5.97 Å². The Hall–Kier alpha value is -1.88. The predicted octanol–water partition coefficient (Wildman–Crippen LogP) is 3.84. The first-order valence-electron chi connectivity index (χ1n) is 8.11. The van der Waals surface area contributed by atoms with E-state index in [-0.39, 0.29) is 0 Å². The summed E-state index contributed by atoms with van der Waals surface area (Å²) in [4.78, 5) is 18.5. The minimum atomic E-state index is -0.660. The number of anilines is 1. The van der Waals surface area contributed by atoms with Gasteiger partial charge in [0.15, 0.2) is 5.13 Å². The lowest BCUT2D eigenvalue weighted by molar-refractivity contribution is -0.150. The summed E-state index contributed by atoms with van der Waals surface area (Å²) in [5, 5.41) is 12.7. The Morgan fingerprint density at radius 1 is 1.35 bits per heavy atom. The molecule has 1 atom stereocenters. The highest BCUT2D eigenvalue weighted by Gasteiger charge is 2.42. The molecule has 0 aliphatic carbocycles. The van der Waals surface area contributed by atoms with E-state index in [0.29, 0.717) is 6.54 Å². The number of carbonyl (C=O) groups is 1. The molecule has 0 amide bonds. The lowest BCUT2D eigenvalue weighted by Crippen LogP contribution is -2.48. The molecule has 0 spiro atoms. The number of piperidine rings is 1. The number of hydrogen-bond acceptors (Lipinski definition) is 4. The monoisotopic (exact) mass is 330 g/mol. The van der Waals surface area contributed by atoms with Crippen molar-refractivity contribution >= 4 is 22.4 Å². The van der Waals surface area contributed by atoms with E-state index in [1.54, 1.807) is 17.5 Å². The second-order valence-electron chi connectivity index (χ2n) is 6.26. The number of rotatable bonds is 6. The molecule has 1 aliphatic rings. The van der Waals surface area contributed by atoms with Crippen LogP contribution in [0.3, 0.4) is 0 Å². The van der Waals surface area contributed by atoms with E-state index >= 15 is 0 Å². The summed E-state index contributed by atoms with van der Waals surface area (Å²) in [5.74, 6) is -0.660. The van der Waals surface area contributed by atoms with Crippen molar-refractivity contribution in [1.82, 2.24) is 4.98 Å². The van der Waals surface area contributed by atoms with E-state index in [1.165, 1.54) is 5.56 Å². The van der Waals surface area contributed by atoms with Crippen molar-refractivity contribution < 1.29 is 9.90 Å². The molecule has 1 fully saturated rings. The lowest BCUT2D eigenvalue weighted by Gasteiger charge is -2.40. The molecule has 0 bridgehead atoms. The van der Waals surface area contributed by atoms with Crippen molar-refractivity contribution in [3.05, 3.63) is 47.5 Å². The SMILES string of the molecule is O=C(O)C1(CCCc2ccccc2)CCCN(c2nccs2)C1. The molecule has 1 aliphatic heterocycles. The van der Waals surface area contributed by atoms with Crippen molar-refractivity contribution in [2.45, 2.75) is 32.1 Å². The van der Waals surface area contributed by atoms with Gasteiger partial charge in [0.25, 0.3) is 0 Å². The number of carboxylic acids is 1. The number of aliphatic carboxylic acids is 1. The Labute approximate surface area is 140 Å². The summed E-state index contributed by atoms with van der Waals surface area (Å²) in [7, 11) is 0. The van der Waals surface area contributed by atoms with Crippen LogP contribution in [0.1, 0.15) is 31.2 Å². The topological polar surface area (TPSA) is 53.4 Å². The fourth-order valence-electron chi connectivity index (χ4n) is 3.43. The summed E-state index contributed by atoms with van der Waals surface area (Å²) < 4.78 is 0. The Balaban J connectivity index is 1.66. The van der Waals surface area contributed by atoms with Gasteiger partial charge < -0.3 is 10.0 Å². The Morgan fingerprint density at radius 2 is 2.17 bits per heavy atom. The summed E-state index contributed by atoms with van der Waals surface area (Å²) in [6.07, 6.45) is 6.02. The van der Waals surface area contributed by atoms with Crippen LogP contribution >= 0.6 is 11.3 Å². The predicted molar refractivity (Wildman–Crippen MR) is 93.0 cm³/mol. The number of benzene rings is 1. The van der Waals surface area contributed by atoms with Crippen molar-refractivity contribution in [3.63, 3.8) is 0 Å². The second kappa shape index (κ2) is 7.13. The van der Waals surface area contributed by atoms with Crippen LogP contribution in [0, 0.1) is 5.41 Å². The Bertz CT molecular complexity index is 630. The summed E-state index contributed by atoms with van der Waals surface area (Å²) in [5.41, 5.74) is 0.638. The van der Waals surface area contributed by atoms with Crippen molar-refractivity contribution in [2.75, 3.05) is 18.0 Å². The first-order chi connectivity index (χ1) is 11.2. The highest BCUT2D eigenvalue weighted by molar-refractivity contribution is 7.13. The number of hydrogen-bond donors (Lipinski definition) is 1. The van der Waals surface area contributed by atoms with Gasteiger partial charge in [-0.3, -0.25) is 4.79 Å². The fraction of sp³-hybridized carbons (Fsp3) is 0.444. The average Bonchev–Trinajstić information content (AvgIpc) is 3.10. The van der Waals surface area contributed by atoms with Gasteiger partial charge in [0.1, 0.15) is 0 Å². The minimum absolute atomic E-state index is 0.574. The van der Waals surface area contributed by atoms with E-state index in [9.17, 15) is 9.90 Å². The molecule has 122 valence electrons. The number of carboxylic acid groups (broad SMARTS) is 1. The molecule has 1 saturated heterocycles. The zero-order valence-electron chi connectivity index (χ0n) is 13.1. The number of thiazole rings is 1. The van der Waals surface area contributed by atoms with Gasteiger partial charge in [0, 0.05) is 24.7 Å². The van der Waals surface area contributed by atoms with Crippen molar-refractivity contribution in [1.29, 1.82) is 0 Å². The standard InChI is InChI=1S/C18H22N2O2S/c21-16(22)18(9-4-8-15-6-2-1-3-7-15)10-5-12-20(14-18)17-19-11-13-23-17/h1-3,6-7,11,13H,4-5,8-10,12,14H2,(H,21,22). The number of nitrogens with zero attached hydrogens (tertiary/aromatic N) is 2. The average molecular weight is 330 g/mol. The molecule has 1 aromatic heterocycles. The second-order valence-corrected chi connectivity index (χ2v) is 7.14. The van der Waals surface area contributed by atoms with Gasteiger partial charge in [-0.05, 0) is 37.7 Å². The van der Waals surface area contributed by atoms with Crippen LogP contribution in [-0.2, 0) is 11.2 Å². The van der Waals surface area contributed by atoms with Crippen LogP contribution in [0.2, 0.25) is 0 Å². The van der Waals surface area contributed by atoms with Gasteiger partial charge in [-0.1, -0.05) is 30.3 Å². The molecular weight excluding hydrogens is 308 g/mol. The minimum Gasteiger partial charge on any atom is -0.481 e. The van der Waals surface area contributed by atoms with Crippen LogP contribution in [0.15, 0.2) is 41.9 Å². The van der Waals surface area contributed by atoms with Gasteiger partial charge in [-0.2, -0.15) is 0 Å². The summed E-state index contributed by atoms with van der Waals surface area (Å²) >= 11 is 1.58. The zero-order valence-corrected chi connectivity index (χ0v) is 14.0. The van der Waals surface area contributed by atoms with Crippen molar-refractivity contribution in [2.24, 2.45) is 5.41 Å². The fourth-order valence-corrected chi connectivity index (χ4v) is 4.10. The van der Waals surface area contributed by atoms with E-state index in [0.717, 1.165) is 43.8 Å². The van der Waals surface area contributed by atoms with Crippen molar-refractivity contribution in [3.8, 4) is 0 Å². The number of aromatic nitrogens is 1. The third-order valence-electron chi connectivity index (χ3n) is 4.68. The van der Waals surface area contributed by atoms with Gasteiger partial charge in [0.2, 0.25) is 0 Å². The molecule has 4 nitrogen and oxygen atoms in total. The molecule has 5 heteroatoms. The molecule has 3 rings (SSSR count). The molecule has 1 unspecified atom stereocenters. The summed E-state index contributed by atoms with van der Waals surface area (Å²) in [6, 6.07) is 10.3. The molecular formula is C18H22N2O2S. The first kappa shape index (κ1) is 16.0. The van der Waals surface area contributed by atoms with E-state index in [4.69, 9.17) is 0 Å². The van der Waals surface area contributed by atoms with Crippen LogP contribution in [0.4, 0.5) is 5.13 Å². The molecule has 2 heterocycles. The van der Waals surface area contributed by atoms with Crippen LogP contribution in [0.5, 0.6) is 0 Å². The lowest BCUT2D eigenvalue weighted by atomic mass is 9.75. The normalized spacial score (nSPS) is 21.3. The van der Waals surface area contributed by atoms with Crippen LogP contribution in [0.25, 0.3) is 0 Å². The molecule has 2 aromatic rings. The van der Waals surface area contributed by atoms with Crippen LogP contribution in [-0.4, -0.2) is 29.1 Å².